The van der Waals surface area contributed by atoms with Gasteiger partial charge < -0.3 is 0 Å². The zero-order valence-corrected chi connectivity index (χ0v) is 13.4. The Labute approximate surface area is 138 Å². The number of anilines is 1. The Hall–Kier alpha value is -2.10. The van der Waals surface area contributed by atoms with Crippen LogP contribution in [-0.2, 0) is 0 Å². The molecule has 0 amide bonds. The van der Waals surface area contributed by atoms with Crippen LogP contribution in [0.25, 0.3) is 10.9 Å². The lowest BCUT2D eigenvalue weighted by atomic mass is 10.1. The Morgan fingerprint density at radius 3 is 2.50 bits per heavy atom. The fraction of sp³-hybridized carbons (Fsp3) is 0.0588. The molecule has 0 radical (unpaired) electrons. The van der Waals surface area contributed by atoms with Gasteiger partial charge in [-0.25, -0.2) is 0 Å². The fourth-order valence-electron chi connectivity index (χ4n) is 2.12. The fourth-order valence-corrected chi connectivity index (χ4v) is 2.41. The molecule has 0 bridgehead atoms. The number of rotatable bonds is 3. The van der Waals surface area contributed by atoms with Crippen LogP contribution in [0.1, 0.15) is 12.5 Å². The van der Waals surface area contributed by atoms with Crippen LogP contribution in [0.3, 0.4) is 0 Å². The summed E-state index contributed by atoms with van der Waals surface area (Å²) in [6.07, 6.45) is 1.73. The molecule has 0 saturated heterocycles. The maximum absolute atomic E-state index is 5.99. The van der Waals surface area contributed by atoms with Gasteiger partial charge >= 0.3 is 0 Å². The monoisotopic (exact) mass is 329 g/mol. The number of hydrazone groups is 1. The highest BCUT2D eigenvalue weighted by Crippen LogP contribution is 2.24. The van der Waals surface area contributed by atoms with Gasteiger partial charge in [0.1, 0.15) is 0 Å². The van der Waals surface area contributed by atoms with E-state index < -0.39 is 0 Å². The smallest absolute Gasteiger partial charge is 0.0738 e. The number of nitrogens with zero attached hydrogens (tertiary/aromatic N) is 2. The first-order valence-corrected chi connectivity index (χ1v) is 7.49. The Kier molecular flexibility index (Phi) is 4.27. The van der Waals surface area contributed by atoms with Gasteiger partial charge in [-0.05, 0) is 48.9 Å². The predicted molar refractivity (Wildman–Crippen MR) is 94.0 cm³/mol. The Morgan fingerprint density at radius 1 is 1.00 bits per heavy atom. The minimum Gasteiger partial charge on any atom is -0.277 e. The van der Waals surface area contributed by atoms with Gasteiger partial charge in [0.25, 0.3) is 0 Å². The Bertz CT molecular complexity index is 842. The number of halogens is 2. The van der Waals surface area contributed by atoms with Crippen LogP contribution in [0, 0.1) is 0 Å². The van der Waals surface area contributed by atoms with Crippen molar-refractivity contribution in [2.75, 3.05) is 5.43 Å². The van der Waals surface area contributed by atoms with Crippen molar-refractivity contribution in [3.05, 3.63) is 70.3 Å². The van der Waals surface area contributed by atoms with Gasteiger partial charge in [0.15, 0.2) is 0 Å². The standard InChI is InChI=1S/C17H13Cl2N3/c1-11(12-2-4-13(18)5-3-12)21-22-16-8-9-20-17-10-14(19)6-7-15(16)17/h2-10H,1H3,(H,20,22). The highest BCUT2D eigenvalue weighted by Gasteiger charge is 2.03. The van der Waals surface area contributed by atoms with Crippen molar-refractivity contribution < 1.29 is 0 Å². The topological polar surface area (TPSA) is 37.3 Å². The highest BCUT2D eigenvalue weighted by atomic mass is 35.5. The first-order chi connectivity index (χ1) is 10.6. The minimum absolute atomic E-state index is 0.665. The lowest BCUT2D eigenvalue weighted by molar-refractivity contribution is 1.31. The first-order valence-electron chi connectivity index (χ1n) is 6.74. The second-order valence-electron chi connectivity index (χ2n) is 4.84. The summed E-state index contributed by atoms with van der Waals surface area (Å²) in [7, 11) is 0. The first kappa shape index (κ1) is 14.8. The Morgan fingerprint density at radius 2 is 1.73 bits per heavy atom. The summed E-state index contributed by atoms with van der Waals surface area (Å²) in [6.45, 7) is 1.94. The summed E-state index contributed by atoms with van der Waals surface area (Å²) < 4.78 is 0. The second kappa shape index (κ2) is 6.34. The average molecular weight is 330 g/mol. The lowest BCUT2D eigenvalue weighted by Crippen LogP contribution is -2.00. The minimum atomic E-state index is 0.665. The number of fused-ring (bicyclic) bond motifs is 1. The molecule has 1 N–H and O–H groups in total. The predicted octanol–water partition coefficient (Wildman–Crippen LogP) is 5.38. The molecule has 0 aliphatic rings. The number of hydrogen-bond acceptors (Lipinski definition) is 3. The number of pyridine rings is 1. The van der Waals surface area contributed by atoms with Crippen LogP contribution in [0.4, 0.5) is 5.69 Å². The summed E-state index contributed by atoms with van der Waals surface area (Å²) in [4.78, 5) is 4.31. The van der Waals surface area contributed by atoms with Gasteiger partial charge in [-0.2, -0.15) is 5.10 Å². The average Bonchev–Trinajstić information content (AvgIpc) is 2.52. The highest BCUT2D eigenvalue weighted by molar-refractivity contribution is 6.31. The zero-order chi connectivity index (χ0) is 15.5. The molecule has 3 rings (SSSR count). The number of hydrogen-bond donors (Lipinski definition) is 1. The van der Waals surface area contributed by atoms with E-state index in [-0.39, 0.29) is 0 Å². The van der Waals surface area contributed by atoms with Gasteiger partial charge in [0.05, 0.1) is 16.9 Å². The van der Waals surface area contributed by atoms with Crippen molar-refractivity contribution in [2.45, 2.75) is 6.92 Å². The van der Waals surface area contributed by atoms with Gasteiger partial charge in [-0.1, -0.05) is 35.3 Å². The molecule has 3 nitrogen and oxygen atoms in total. The number of aromatic nitrogens is 1. The molecular formula is C17H13Cl2N3. The summed E-state index contributed by atoms with van der Waals surface area (Å²) in [5.41, 5.74) is 6.69. The number of benzene rings is 2. The zero-order valence-electron chi connectivity index (χ0n) is 11.8. The van der Waals surface area contributed by atoms with E-state index in [1.54, 1.807) is 6.20 Å². The quantitative estimate of drug-likeness (QED) is 0.517. The van der Waals surface area contributed by atoms with Crippen molar-refractivity contribution in [1.82, 2.24) is 4.98 Å². The van der Waals surface area contributed by atoms with Crippen LogP contribution < -0.4 is 5.43 Å². The van der Waals surface area contributed by atoms with Crippen LogP contribution in [0.2, 0.25) is 10.0 Å². The van der Waals surface area contributed by atoms with E-state index in [1.807, 2.05) is 55.5 Å². The van der Waals surface area contributed by atoms with Crippen LogP contribution >= 0.6 is 23.2 Å². The van der Waals surface area contributed by atoms with Crippen LogP contribution in [-0.4, -0.2) is 10.7 Å². The van der Waals surface area contributed by atoms with Crippen molar-refractivity contribution >= 4 is 45.5 Å². The summed E-state index contributed by atoms with van der Waals surface area (Å²) in [6, 6.07) is 15.1. The van der Waals surface area contributed by atoms with E-state index in [0.717, 1.165) is 27.9 Å². The van der Waals surface area contributed by atoms with Crippen LogP contribution in [0.5, 0.6) is 0 Å². The molecule has 0 fully saturated rings. The lowest BCUT2D eigenvalue weighted by Gasteiger charge is -2.07. The third kappa shape index (κ3) is 3.21. The summed E-state index contributed by atoms with van der Waals surface area (Å²) in [5.74, 6) is 0. The molecule has 0 saturated carbocycles. The molecule has 0 spiro atoms. The molecular weight excluding hydrogens is 317 g/mol. The molecule has 0 aliphatic carbocycles. The van der Waals surface area contributed by atoms with E-state index in [1.165, 1.54) is 0 Å². The molecule has 0 aliphatic heterocycles. The maximum Gasteiger partial charge on any atom is 0.0738 e. The second-order valence-corrected chi connectivity index (χ2v) is 5.71. The summed E-state index contributed by atoms with van der Waals surface area (Å²) in [5, 5.41) is 6.78. The van der Waals surface area contributed by atoms with Crippen molar-refractivity contribution in [3.8, 4) is 0 Å². The third-order valence-corrected chi connectivity index (χ3v) is 3.80. The third-order valence-electron chi connectivity index (χ3n) is 3.31. The molecule has 0 unspecified atom stereocenters. The SMILES string of the molecule is CC(=NNc1ccnc2cc(Cl)ccc12)c1ccc(Cl)cc1. The molecule has 1 aromatic heterocycles. The van der Waals surface area contributed by atoms with E-state index in [2.05, 4.69) is 15.5 Å². The van der Waals surface area contributed by atoms with Gasteiger partial charge in [0.2, 0.25) is 0 Å². The molecule has 1 heterocycles. The maximum atomic E-state index is 5.99. The van der Waals surface area contributed by atoms with E-state index >= 15 is 0 Å². The molecule has 22 heavy (non-hydrogen) atoms. The van der Waals surface area contributed by atoms with Crippen LogP contribution in [0.15, 0.2) is 59.8 Å². The van der Waals surface area contributed by atoms with Gasteiger partial charge in [-0.15, -0.1) is 0 Å². The molecule has 5 heteroatoms. The normalized spacial score (nSPS) is 11.7. The molecule has 110 valence electrons. The van der Waals surface area contributed by atoms with E-state index in [4.69, 9.17) is 23.2 Å². The van der Waals surface area contributed by atoms with Gasteiger partial charge in [0, 0.05) is 21.6 Å². The summed E-state index contributed by atoms with van der Waals surface area (Å²) >= 11 is 11.9. The number of nitrogens with one attached hydrogen (secondary N) is 1. The Balaban J connectivity index is 1.90. The molecule has 2 aromatic carbocycles. The van der Waals surface area contributed by atoms with E-state index in [0.29, 0.717) is 10.0 Å². The van der Waals surface area contributed by atoms with Gasteiger partial charge in [-0.3, -0.25) is 10.4 Å². The molecule has 3 aromatic rings. The molecule has 0 atom stereocenters. The van der Waals surface area contributed by atoms with Crippen molar-refractivity contribution in [1.29, 1.82) is 0 Å². The van der Waals surface area contributed by atoms with Crippen molar-refractivity contribution in [3.63, 3.8) is 0 Å². The van der Waals surface area contributed by atoms with E-state index in [9.17, 15) is 0 Å². The largest absolute Gasteiger partial charge is 0.277 e. The van der Waals surface area contributed by atoms with Crippen molar-refractivity contribution in [2.24, 2.45) is 5.10 Å².